The van der Waals surface area contributed by atoms with Crippen LogP contribution in [-0.4, -0.2) is 21.3 Å². The Hall–Kier alpha value is -1.22. The average Bonchev–Trinajstić information content (AvgIpc) is 2.28. The Morgan fingerprint density at radius 2 is 1.16 bits per heavy atom. The molecule has 0 heterocycles. The summed E-state index contributed by atoms with van der Waals surface area (Å²) in [4.78, 5) is 0. The summed E-state index contributed by atoms with van der Waals surface area (Å²) in [6, 6.07) is 1.17. The molecule has 2 nitrogen and oxygen atoms in total. The first kappa shape index (κ1) is 15.8. The van der Waals surface area contributed by atoms with E-state index >= 15 is 0 Å². The Morgan fingerprint density at radius 1 is 0.789 bits per heavy atom. The fraction of sp³-hybridized carbons (Fsp3) is 0.400. The van der Waals surface area contributed by atoms with E-state index in [1.807, 2.05) is 0 Å². The third-order valence-corrected chi connectivity index (χ3v) is 2.31. The van der Waals surface area contributed by atoms with E-state index in [9.17, 15) is 26.3 Å². The van der Waals surface area contributed by atoms with Crippen LogP contribution in [0.25, 0.3) is 0 Å². The maximum Gasteiger partial charge on any atom is 0.493 e. The van der Waals surface area contributed by atoms with Crippen LogP contribution in [0.2, 0.25) is 0 Å². The van der Waals surface area contributed by atoms with Crippen LogP contribution in [0.1, 0.15) is 11.1 Å². The fourth-order valence-electron chi connectivity index (χ4n) is 1.48. The molecule has 0 spiro atoms. The quantitative estimate of drug-likeness (QED) is 0.628. The second-order valence-electron chi connectivity index (χ2n) is 3.64. The molecule has 106 valence electrons. The van der Waals surface area contributed by atoms with E-state index in [-0.39, 0.29) is 11.5 Å². The van der Waals surface area contributed by atoms with Gasteiger partial charge in [0.05, 0.1) is 11.1 Å². The molecule has 0 N–H and O–H groups in total. The van der Waals surface area contributed by atoms with Crippen molar-refractivity contribution in [2.45, 2.75) is 12.4 Å². The van der Waals surface area contributed by atoms with E-state index in [2.05, 4.69) is 9.31 Å². The summed E-state index contributed by atoms with van der Waals surface area (Å²) < 4.78 is 84.7. The molecule has 19 heavy (non-hydrogen) atoms. The lowest BCUT2D eigenvalue weighted by molar-refractivity contribution is -0.142. The monoisotopic (exact) mass is 286 g/mol. The van der Waals surface area contributed by atoms with Crippen molar-refractivity contribution < 1.29 is 35.7 Å². The molecule has 1 aromatic rings. The zero-order chi connectivity index (χ0) is 14.8. The van der Waals surface area contributed by atoms with Crippen LogP contribution in [0.4, 0.5) is 26.3 Å². The maximum absolute atomic E-state index is 12.6. The molecule has 0 radical (unpaired) electrons. The Morgan fingerprint density at radius 3 is 1.42 bits per heavy atom. The highest BCUT2D eigenvalue weighted by molar-refractivity contribution is 6.61. The summed E-state index contributed by atoms with van der Waals surface area (Å²) in [5.41, 5.74) is -3.17. The van der Waals surface area contributed by atoms with Gasteiger partial charge in [0.1, 0.15) is 0 Å². The Labute approximate surface area is 105 Å². The van der Waals surface area contributed by atoms with Crippen LogP contribution in [0, 0.1) is 0 Å². The van der Waals surface area contributed by atoms with Crippen LogP contribution in [0.5, 0.6) is 0 Å². The molecule has 1 aromatic carbocycles. The minimum absolute atomic E-state index is 0.0475. The SMILES string of the molecule is COB(OC)c1cc(C(F)(F)F)cc(C(F)(F)F)c1. The van der Waals surface area contributed by atoms with Gasteiger partial charge in [-0.3, -0.25) is 0 Å². The van der Waals surface area contributed by atoms with Gasteiger partial charge in [0.25, 0.3) is 0 Å². The van der Waals surface area contributed by atoms with Crippen LogP contribution in [0.3, 0.4) is 0 Å². The van der Waals surface area contributed by atoms with Crippen molar-refractivity contribution in [3.63, 3.8) is 0 Å². The predicted molar refractivity (Wildman–Crippen MR) is 55.9 cm³/mol. The van der Waals surface area contributed by atoms with Crippen molar-refractivity contribution in [3.8, 4) is 0 Å². The average molecular weight is 286 g/mol. The Kier molecular flexibility index (Phi) is 4.52. The van der Waals surface area contributed by atoms with Gasteiger partial charge >= 0.3 is 19.5 Å². The molecule has 0 aliphatic rings. The third kappa shape index (κ3) is 3.87. The van der Waals surface area contributed by atoms with Gasteiger partial charge in [-0.1, -0.05) is 12.1 Å². The highest BCUT2D eigenvalue weighted by Crippen LogP contribution is 2.34. The van der Waals surface area contributed by atoms with Crippen molar-refractivity contribution in [2.75, 3.05) is 14.2 Å². The lowest BCUT2D eigenvalue weighted by atomic mass is 9.77. The van der Waals surface area contributed by atoms with Crippen molar-refractivity contribution in [2.24, 2.45) is 0 Å². The van der Waals surface area contributed by atoms with E-state index in [0.717, 1.165) is 14.2 Å². The minimum Gasteiger partial charge on any atom is -0.410 e. The van der Waals surface area contributed by atoms with Gasteiger partial charge in [-0.2, -0.15) is 26.3 Å². The molecule has 0 saturated heterocycles. The van der Waals surface area contributed by atoms with Gasteiger partial charge < -0.3 is 9.31 Å². The number of benzene rings is 1. The Bertz CT molecular complexity index is 406. The molecule has 0 unspecified atom stereocenters. The zero-order valence-electron chi connectivity index (χ0n) is 9.89. The van der Waals surface area contributed by atoms with Crippen molar-refractivity contribution in [1.29, 1.82) is 0 Å². The molecule has 0 amide bonds. The number of halogens is 6. The highest BCUT2D eigenvalue weighted by Gasteiger charge is 2.38. The lowest BCUT2D eigenvalue weighted by Crippen LogP contribution is -2.36. The van der Waals surface area contributed by atoms with Crippen LogP contribution in [0.15, 0.2) is 18.2 Å². The minimum atomic E-state index is -4.89. The number of alkyl halides is 6. The van der Waals surface area contributed by atoms with Gasteiger partial charge in [0.2, 0.25) is 0 Å². The van der Waals surface area contributed by atoms with Gasteiger partial charge in [-0.15, -0.1) is 0 Å². The molecule has 1 rings (SSSR count). The van der Waals surface area contributed by atoms with E-state index < -0.39 is 30.6 Å². The molecular weight excluding hydrogens is 277 g/mol. The zero-order valence-corrected chi connectivity index (χ0v) is 9.89. The molecule has 9 heteroatoms. The van der Waals surface area contributed by atoms with Crippen molar-refractivity contribution in [3.05, 3.63) is 29.3 Å². The van der Waals surface area contributed by atoms with Crippen molar-refractivity contribution >= 4 is 12.6 Å². The lowest BCUT2D eigenvalue weighted by Gasteiger charge is -2.16. The molecule has 0 bridgehead atoms. The molecule has 0 aliphatic heterocycles. The summed E-state index contributed by atoms with van der Waals surface area (Å²) in [5, 5.41) is 0. The van der Waals surface area contributed by atoms with Crippen LogP contribution < -0.4 is 5.46 Å². The smallest absolute Gasteiger partial charge is 0.410 e. The maximum atomic E-state index is 12.6. The summed E-state index contributed by atoms with van der Waals surface area (Å²) in [5.74, 6) is 0. The molecule has 0 aliphatic carbocycles. The van der Waals surface area contributed by atoms with E-state index in [1.54, 1.807) is 0 Å². The van der Waals surface area contributed by atoms with Crippen LogP contribution >= 0.6 is 0 Å². The molecule has 0 fully saturated rings. The van der Waals surface area contributed by atoms with E-state index in [1.165, 1.54) is 0 Å². The number of hydrogen-bond donors (Lipinski definition) is 0. The number of rotatable bonds is 3. The van der Waals surface area contributed by atoms with Crippen molar-refractivity contribution in [1.82, 2.24) is 0 Å². The predicted octanol–water partition coefficient (Wildman–Crippen LogP) is 2.71. The normalized spacial score (nSPS) is 12.6. The van der Waals surface area contributed by atoms with Crippen LogP contribution in [-0.2, 0) is 21.7 Å². The van der Waals surface area contributed by atoms with Gasteiger partial charge in [0.15, 0.2) is 0 Å². The standard InChI is InChI=1S/C10H9BF6O2/c1-18-11(19-2)8-4-6(9(12,13)14)3-7(5-8)10(15,16)17/h3-5H,1-2H3. The first-order chi connectivity index (χ1) is 8.59. The van der Waals surface area contributed by atoms with Gasteiger partial charge in [-0.05, 0) is 11.5 Å². The highest BCUT2D eigenvalue weighted by atomic mass is 19.4. The molecule has 0 saturated carbocycles. The second-order valence-corrected chi connectivity index (χ2v) is 3.64. The summed E-state index contributed by atoms with van der Waals surface area (Å²) >= 11 is 0. The molecule has 0 atom stereocenters. The summed E-state index contributed by atoms with van der Waals surface area (Å²) in [7, 11) is 0.923. The molecule has 0 aromatic heterocycles. The first-order valence-electron chi connectivity index (χ1n) is 4.94. The largest absolute Gasteiger partial charge is 0.493 e. The molecular formula is C10H9BF6O2. The fourth-order valence-corrected chi connectivity index (χ4v) is 1.48. The summed E-state index contributed by atoms with van der Waals surface area (Å²) in [6.07, 6.45) is -9.77. The Balaban J connectivity index is 3.41. The first-order valence-corrected chi connectivity index (χ1v) is 4.94. The van der Waals surface area contributed by atoms with E-state index in [4.69, 9.17) is 0 Å². The number of hydrogen-bond acceptors (Lipinski definition) is 2. The van der Waals surface area contributed by atoms with Gasteiger partial charge in [0, 0.05) is 14.2 Å². The second kappa shape index (κ2) is 5.42. The topological polar surface area (TPSA) is 18.5 Å². The summed E-state index contributed by atoms with van der Waals surface area (Å²) in [6.45, 7) is 0. The third-order valence-electron chi connectivity index (χ3n) is 2.31. The van der Waals surface area contributed by atoms with Gasteiger partial charge in [-0.25, -0.2) is 0 Å². The van der Waals surface area contributed by atoms with E-state index in [0.29, 0.717) is 12.1 Å².